The lowest BCUT2D eigenvalue weighted by Gasteiger charge is -2.08. The average Bonchev–Trinajstić information content (AvgIpc) is 2.97. The van der Waals surface area contributed by atoms with E-state index in [2.05, 4.69) is 15.9 Å². The van der Waals surface area contributed by atoms with E-state index in [1.807, 2.05) is 0 Å². The van der Waals surface area contributed by atoms with Crippen molar-refractivity contribution in [2.75, 3.05) is 0 Å². The molecule has 0 saturated heterocycles. The van der Waals surface area contributed by atoms with E-state index >= 15 is 0 Å². The smallest absolute Gasteiger partial charge is 0.328 e. The number of halogens is 1. The van der Waals surface area contributed by atoms with Crippen molar-refractivity contribution in [2.24, 2.45) is 0 Å². The van der Waals surface area contributed by atoms with Crippen molar-refractivity contribution in [3.05, 3.63) is 70.8 Å². The van der Waals surface area contributed by atoms with E-state index in [4.69, 9.17) is 5.11 Å². The van der Waals surface area contributed by atoms with Gasteiger partial charge >= 0.3 is 5.97 Å². The Morgan fingerprint density at radius 1 is 1.08 bits per heavy atom. The molecule has 3 aromatic rings. The van der Waals surface area contributed by atoms with Crippen LogP contribution in [0.15, 0.2) is 70.2 Å². The Kier molecular flexibility index (Phi) is 4.29. The largest absolute Gasteiger partial charge is 0.478 e. The van der Waals surface area contributed by atoms with Crippen LogP contribution in [0.25, 0.3) is 17.0 Å². The number of rotatable bonds is 4. The summed E-state index contributed by atoms with van der Waals surface area (Å²) >= 11 is 3.28. The molecule has 0 bridgehead atoms. The molecule has 0 saturated carbocycles. The third kappa shape index (κ3) is 3.13. The first-order valence-electron chi connectivity index (χ1n) is 6.91. The standard InChI is InChI=1S/C17H12BrNO4S/c18-14-3-5-15(6-4-14)24(22,23)19-10-9-13-11-12(1-7-16(13)19)2-8-17(20)21/h1-11H,(H,20,21)/b8-2+. The number of fused-ring (bicyclic) bond motifs is 1. The number of carboxylic acid groups (broad SMARTS) is 1. The van der Waals surface area contributed by atoms with E-state index in [9.17, 15) is 13.2 Å². The molecule has 122 valence electrons. The van der Waals surface area contributed by atoms with Crippen LogP contribution >= 0.6 is 15.9 Å². The molecule has 0 fully saturated rings. The first-order chi connectivity index (χ1) is 11.4. The molecule has 3 rings (SSSR count). The molecule has 0 aliphatic heterocycles. The first kappa shape index (κ1) is 16.5. The van der Waals surface area contributed by atoms with Crippen molar-refractivity contribution in [3.8, 4) is 0 Å². The molecule has 2 aromatic carbocycles. The van der Waals surface area contributed by atoms with E-state index in [0.29, 0.717) is 16.5 Å². The van der Waals surface area contributed by atoms with Crippen LogP contribution in [-0.2, 0) is 14.8 Å². The van der Waals surface area contributed by atoms with E-state index in [1.165, 1.54) is 28.4 Å². The maximum atomic E-state index is 12.8. The second-order valence-corrected chi connectivity index (χ2v) is 7.79. The summed E-state index contributed by atoms with van der Waals surface area (Å²) in [5, 5.41) is 9.38. The van der Waals surface area contributed by atoms with Crippen LogP contribution in [0.1, 0.15) is 5.56 Å². The van der Waals surface area contributed by atoms with Gasteiger partial charge in [0.25, 0.3) is 10.0 Å². The highest BCUT2D eigenvalue weighted by molar-refractivity contribution is 9.10. The quantitative estimate of drug-likeness (QED) is 0.670. The van der Waals surface area contributed by atoms with Crippen molar-refractivity contribution in [1.82, 2.24) is 3.97 Å². The highest BCUT2D eigenvalue weighted by atomic mass is 79.9. The van der Waals surface area contributed by atoms with Crippen molar-refractivity contribution in [3.63, 3.8) is 0 Å². The van der Waals surface area contributed by atoms with Gasteiger partial charge in [0, 0.05) is 22.1 Å². The topological polar surface area (TPSA) is 76.4 Å². The molecule has 0 spiro atoms. The number of nitrogens with zero attached hydrogens (tertiary/aromatic N) is 1. The zero-order chi connectivity index (χ0) is 17.3. The summed E-state index contributed by atoms with van der Waals surface area (Å²) in [6.07, 6.45) is 3.99. The monoisotopic (exact) mass is 405 g/mol. The number of benzene rings is 2. The average molecular weight is 406 g/mol. The molecule has 7 heteroatoms. The molecule has 0 aliphatic carbocycles. The van der Waals surface area contributed by atoms with Crippen LogP contribution in [0.2, 0.25) is 0 Å². The normalized spacial score (nSPS) is 12.0. The summed E-state index contributed by atoms with van der Waals surface area (Å²) in [4.78, 5) is 10.8. The van der Waals surface area contributed by atoms with Gasteiger partial charge < -0.3 is 5.11 Å². The fraction of sp³-hybridized carbons (Fsp3) is 0. The van der Waals surface area contributed by atoms with E-state index < -0.39 is 16.0 Å². The molecule has 1 heterocycles. The number of aliphatic carboxylic acids is 1. The predicted molar refractivity (Wildman–Crippen MR) is 95.3 cm³/mol. The van der Waals surface area contributed by atoms with E-state index in [-0.39, 0.29) is 4.90 Å². The number of hydrogen-bond donors (Lipinski definition) is 1. The highest BCUT2D eigenvalue weighted by Crippen LogP contribution is 2.24. The van der Waals surface area contributed by atoms with Crippen molar-refractivity contribution in [2.45, 2.75) is 4.90 Å². The number of hydrogen-bond acceptors (Lipinski definition) is 3. The Balaban J connectivity index is 2.07. The Bertz CT molecular complexity index is 1050. The third-order valence-electron chi connectivity index (χ3n) is 3.47. The summed E-state index contributed by atoms with van der Waals surface area (Å²) in [6.45, 7) is 0. The summed E-state index contributed by atoms with van der Waals surface area (Å²) < 4.78 is 27.6. The highest BCUT2D eigenvalue weighted by Gasteiger charge is 2.18. The molecular formula is C17H12BrNO4S. The Morgan fingerprint density at radius 2 is 1.79 bits per heavy atom. The molecule has 0 amide bonds. The minimum absolute atomic E-state index is 0.193. The maximum absolute atomic E-state index is 12.8. The molecule has 0 atom stereocenters. The van der Waals surface area contributed by atoms with Crippen LogP contribution in [0, 0.1) is 0 Å². The van der Waals surface area contributed by atoms with Gasteiger partial charge in [0.15, 0.2) is 0 Å². The first-order valence-corrected chi connectivity index (χ1v) is 9.14. The molecule has 0 aliphatic rings. The van der Waals surface area contributed by atoms with Gasteiger partial charge in [-0.3, -0.25) is 0 Å². The third-order valence-corrected chi connectivity index (χ3v) is 5.70. The van der Waals surface area contributed by atoms with Gasteiger partial charge in [0.05, 0.1) is 10.4 Å². The van der Waals surface area contributed by atoms with Crippen molar-refractivity contribution in [1.29, 1.82) is 0 Å². The lowest BCUT2D eigenvalue weighted by Crippen LogP contribution is -2.11. The second kappa shape index (κ2) is 6.26. The van der Waals surface area contributed by atoms with Gasteiger partial charge in [0.1, 0.15) is 0 Å². The molecular weight excluding hydrogens is 394 g/mol. The van der Waals surface area contributed by atoms with Gasteiger partial charge in [0.2, 0.25) is 0 Å². The minimum atomic E-state index is -3.69. The van der Waals surface area contributed by atoms with E-state index in [1.54, 1.807) is 36.4 Å². The van der Waals surface area contributed by atoms with Gasteiger partial charge in [-0.05, 0) is 54.1 Å². The number of carboxylic acids is 1. The molecule has 0 unspecified atom stereocenters. The number of carbonyl (C=O) groups is 1. The Hall–Kier alpha value is -2.38. The summed E-state index contributed by atoms with van der Waals surface area (Å²) in [7, 11) is -3.69. The summed E-state index contributed by atoms with van der Waals surface area (Å²) in [6, 6.07) is 13.2. The molecule has 1 N–H and O–H groups in total. The zero-order valence-corrected chi connectivity index (χ0v) is 14.7. The van der Waals surface area contributed by atoms with E-state index in [0.717, 1.165) is 10.5 Å². The van der Waals surface area contributed by atoms with Crippen LogP contribution in [0.4, 0.5) is 0 Å². The summed E-state index contributed by atoms with van der Waals surface area (Å²) in [5.41, 5.74) is 1.22. The SMILES string of the molecule is O=C(O)/C=C/c1ccc2c(ccn2S(=O)(=O)c2ccc(Br)cc2)c1. The van der Waals surface area contributed by atoms with Crippen molar-refractivity contribution >= 4 is 48.9 Å². The molecule has 5 nitrogen and oxygen atoms in total. The Morgan fingerprint density at radius 3 is 2.46 bits per heavy atom. The summed E-state index contributed by atoms with van der Waals surface area (Å²) in [5.74, 6) is -1.04. The van der Waals surface area contributed by atoms with Gasteiger partial charge in [-0.1, -0.05) is 22.0 Å². The fourth-order valence-corrected chi connectivity index (χ4v) is 3.95. The molecule has 24 heavy (non-hydrogen) atoms. The maximum Gasteiger partial charge on any atom is 0.328 e. The molecule has 1 aromatic heterocycles. The number of aromatic nitrogens is 1. The van der Waals surface area contributed by atoms with Crippen LogP contribution in [0.5, 0.6) is 0 Å². The van der Waals surface area contributed by atoms with Crippen LogP contribution in [-0.4, -0.2) is 23.5 Å². The van der Waals surface area contributed by atoms with Crippen molar-refractivity contribution < 1.29 is 18.3 Å². The van der Waals surface area contributed by atoms with Crippen LogP contribution in [0.3, 0.4) is 0 Å². The predicted octanol–water partition coefficient (Wildman–Crippen LogP) is 3.74. The zero-order valence-electron chi connectivity index (χ0n) is 12.3. The lowest BCUT2D eigenvalue weighted by atomic mass is 10.1. The minimum Gasteiger partial charge on any atom is -0.478 e. The second-order valence-electron chi connectivity index (χ2n) is 5.06. The Labute approximate surface area is 147 Å². The molecule has 0 radical (unpaired) electrons. The van der Waals surface area contributed by atoms with Gasteiger partial charge in [-0.2, -0.15) is 0 Å². The van der Waals surface area contributed by atoms with Crippen LogP contribution < -0.4 is 0 Å². The fourth-order valence-electron chi connectivity index (χ4n) is 2.34. The lowest BCUT2D eigenvalue weighted by molar-refractivity contribution is -0.131. The van der Waals surface area contributed by atoms with Gasteiger partial charge in [-0.25, -0.2) is 17.2 Å². The van der Waals surface area contributed by atoms with Gasteiger partial charge in [-0.15, -0.1) is 0 Å².